The maximum atomic E-state index is 13.6. The second kappa shape index (κ2) is 12.1. The lowest BCUT2D eigenvalue weighted by Gasteiger charge is -2.29. The molecule has 3 amide bonds. The molecule has 224 valence electrons. The Labute approximate surface area is 257 Å². The number of ether oxygens (including phenoxy) is 1. The summed E-state index contributed by atoms with van der Waals surface area (Å²) in [5, 5.41) is 23.7. The molecule has 1 aliphatic rings. The highest BCUT2D eigenvalue weighted by molar-refractivity contribution is 6.30. The van der Waals surface area contributed by atoms with Gasteiger partial charge < -0.3 is 4.74 Å². The van der Waals surface area contributed by atoms with E-state index in [2.05, 4.69) is 0 Å². The number of nitro benzene ring substituents is 2. The zero-order valence-electron chi connectivity index (χ0n) is 22.6. The maximum Gasteiger partial charge on any atom is 0.343 e. The summed E-state index contributed by atoms with van der Waals surface area (Å²) >= 11 is 5.92. The normalized spacial score (nSPS) is 12.0. The lowest BCUT2D eigenvalue weighted by Crippen LogP contribution is -2.51. The minimum absolute atomic E-state index is 0.00151. The van der Waals surface area contributed by atoms with Gasteiger partial charge in [-0.2, -0.15) is 5.01 Å². The average Bonchev–Trinajstić information content (AvgIpc) is 3.29. The van der Waals surface area contributed by atoms with Gasteiger partial charge in [-0.3, -0.25) is 39.4 Å². The predicted molar refractivity (Wildman–Crippen MR) is 155 cm³/mol. The zero-order valence-corrected chi connectivity index (χ0v) is 23.4. The van der Waals surface area contributed by atoms with Gasteiger partial charge in [0.05, 0.1) is 21.0 Å². The monoisotopic (exact) mass is 628 g/mol. The topological polar surface area (TPSA) is 187 Å². The first-order valence-corrected chi connectivity index (χ1v) is 13.2. The van der Waals surface area contributed by atoms with Crippen LogP contribution in [0.5, 0.6) is 5.75 Å². The van der Waals surface area contributed by atoms with Gasteiger partial charge in [-0.1, -0.05) is 17.7 Å². The van der Waals surface area contributed by atoms with E-state index in [1.807, 2.05) is 0 Å². The Kier molecular flexibility index (Phi) is 8.15. The third kappa shape index (κ3) is 5.98. The number of nitrogens with zero attached hydrogens (tertiary/aromatic N) is 4. The molecule has 0 saturated heterocycles. The van der Waals surface area contributed by atoms with Crippen LogP contribution in [0.15, 0.2) is 91.0 Å². The van der Waals surface area contributed by atoms with Gasteiger partial charge in [-0.25, -0.2) is 9.80 Å². The number of esters is 1. The second-order valence-corrected chi connectivity index (χ2v) is 9.83. The molecule has 0 fully saturated rings. The van der Waals surface area contributed by atoms with Crippen molar-refractivity contribution < 1.29 is 38.6 Å². The largest absolute Gasteiger partial charge is 0.423 e. The molecule has 0 N–H and O–H groups in total. The van der Waals surface area contributed by atoms with E-state index in [0.717, 1.165) is 18.2 Å². The van der Waals surface area contributed by atoms with E-state index in [4.69, 9.17) is 16.3 Å². The number of hydrogen-bond donors (Lipinski definition) is 0. The highest BCUT2D eigenvalue weighted by Crippen LogP contribution is 2.32. The number of carbonyl (C=O) groups excluding carboxylic acids is 5. The molecular weight excluding hydrogens is 612 g/mol. The standard InChI is InChI=1S/C30H17ClN4O10/c31-20-10-4-18(5-11-20)27(37)32(33-28(38)23-2-1-3-24(35(43)44)26(23)29(33)39)16-25(36)17-8-14-22(15-9-17)45-30(40)19-6-12-21(13-7-19)34(41)42/h1-15H,16H2. The number of carbonyl (C=O) groups is 5. The first kappa shape index (κ1) is 30.2. The van der Waals surface area contributed by atoms with E-state index in [-0.39, 0.29) is 33.7 Å². The molecule has 0 aliphatic carbocycles. The Bertz CT molecular complexity index is 1910. The summed E-state index contributed by atoms with van der Waals surface area (Å²) < 4.78 is 5.25. The minimum Gasteiger partial charge on any atom is -0.423 e. The maximum absolute atomic E-state index is 13.6. The van der Waals surface area contributed by atoms with Crippen molar-refractivity contribution in [3.63, 3.8) is 0 Å². The van der Waals surface area contributed by atoms with Gasteiger partial charge in [0.2, 0.25) is 0 Å². The molecule has 0 radical (unpaired) electrons. The Morgan fingerprint density at radius 3 is 1.96 bits per heavy atom. The third-order valence-electron chi connectivity index (χ3n) is 6.63. The molecule has 45 heavy (non-hydrogen) atoms. The third-order valence-corrected chi connectivity index (χ3v) is 6.88. The number of halogens is 1. The molecule has 0 atom stereocenters. The molecule has 0 unspecified atom stereocenters. The molecule has 14 nitrogen and oxygen atoms in total. The number of benzene rings is 4. The molecule has 1 aliphatic heterocycles. The molecule has 0 bridgehead atoms. The van der Waals surface area contributed by atoms with Crippen LogP contribution in [-0.4, -0.2) is 55.9 Å². The summed E-state index contributed by atoms with van der Waals surface area (Å²) in [5.74, 6) is -4.67. The van der Waals surface area contributed by atoms with E-state index >= 15 is 0 Å². The summed E-state index contributed by atoms with van der Waals surface area (Å²) in [6.45, 7) is -0.831. The Balaban J connectivity index is 1.40. The van der Waals surface area contributed by atoms with Gasteiger partial charge in [0.15, 0.2) is 5.78 Å². The summed E-state index contributed by atoms with van der Waals surface area (Å²) in [7, 11) is 0. The highest BCUT2D eigenvalue weighted by atomic mass is 35.5. The first-order valence-electron chi connectivity index (χ1n) is 12.8. The molecule has 15 heteroatoms. The van der Waals surface area contributed by atoms with Crippen molar-refractivity contribution in [2.24, 2.45) is 0 Å². The fraction of sp³-hybridized carbons (Fsp3) is 0.0333. The van der Waals surface area contributed by atoms with Crippen molar-refractivity contribution in [1.29, 1.82) is 0 Å². The highest BCUT2D eigenvalue weighted by Gasteiger charge is 2.46. The van der Waals surface area contributed by atoms with Crippen LogP contribution in [0.1, 0.15) is 51.8 Å². The van der Waals surface area contributed by atoms with Gasteiger partial charge in [0.1, 0.15) is 17.9 Å². The van der Waals surface area contributed by atoms with Crippen molar-refractivity contribution >= 4 is 52.4 Å². The number of nitro groups is 2. The average molecular weight is 629 g/mol. The predicted octanol–water partition coefficient (Wildman–Crippen LogP) is 4.91. The molecule has 0 spiro atoms. The lowest BCUT2D eigenvalue weighted by molar-refractivity contribution is -0.385. The summed E-state index contributed by atoms with van der Waals surface area (Å²) in [6, 6.07) is 18.7. The van der Waals surface area contributed by atoms with Crippen molar-refractivity contribution in [3.05, 3.63) is 144 Å². The van der Waals surface area contributed by atoms with Gasteiger partial charge in [-0.15, -0.1) is 0 Å². The van der Waals surface area contributed by atoms with E-state index in [1.165, 1.54) is 72.8 Å². The van der Waals surface area contributed by atoms with Gasteiger partial charge in [0, 0.05) is 34.3 Å². The fourth-order valence-corrected chi connectivity index (χ4v) is 4.55. The number of amides is 3. The molecule has 4 aromatic carbocycles. The molecular formula is C30H17ClN4O10. The lowest BCUT2D eigenvalue weighted by atomic mass is 10.1. The van der Waals surface area contributed by atoms with E-state index in [9.17, 15) is 44.2 Å². The van der Waals surface area contributed by atoms with E-state index < -0.39 is 57.1 Å². The molecule has 4 aromatic rings. The van der Waals surface area contributed by atoms with Crippen molar-refractivity contribution in [1.82, 2.24) is 10.0 Å². The van der Waals surface area contributed by atoms with Crippen LogP contribution in [0.3, 0.4) is 0 Å². The van der Waals surface area contributed by atoms with Crippen LogP contribution < -0.4 is 4.74 Å². The SMILES string of the molecule is O=C(CN(C(=O)c1ccc(Cl)cc1)N1C(=O)c2cccc([N+](=O)[O-])c2C1=O)c1ccc(OC(=O)c2ccc([N+](=O)[O-])cc2)cc1. The Hall–Kier alpha value is -6.28. The summed E-state index contributed by atoms with van der Waals surface area (Å²) in [4.78, 5) is 87.1. The van der Waals surface area contributed by atoms with Crippen LogP contribution in [0.4, 0.5) is 11.4 Å². The second-order valence-electron chi connectivity index (χ2n) is 9.39. The van der Waals surface area contributed by atoms with Gasteiger partial charge in [-0.05, 0) is 66.7 Å². The van der Waals surface area contributed by atoms with Crippen molar-refractivity contribution in [3.8, 4) is 5.75 Å². The smallest absolute Gasteiger partial charge is 0.343 e. The number of hydrogen-bond acceptors (Lipinski definition) is 10. The number of ketones is 1. The molecule has 5 rings (SSSR count). The van der Waals surface area contributed by atoms with Crippen molar-refractivity contribution in [2.75, 3.05) is 6.54 Å². The van der Waals surface area contributed by atoms with Crippen LogP contribution in [0.25, 0.3) is 0 Å². The van der Waals surface area contributed by atoms with Crippen molar-refractivity contribution in [2.45, 2.75) is 0 Å². The zero-order chi connectivity index (χ0) is 32.4. The first-order chi connectivity index (χ1) is 21.5. The summed E-state index contributed by atoms with van der Waals surface area (Å²) in [6.07, 6.45) is 0. The number of non-ortho nitro benzene ring substituents is 1. The van der Waals surface area contributed by atoms with Crippen LogP contribution >= 0.6 is 11.6 Å². The van der Waals surface area contributed by atoms with Gasteiger partial charge in [0.25, 0.3) is 29.1 Å². The molecule has 0 saturated carbocycles. The van der Waals surface area contributed by atoms with E-state index in [1.54, 1.807) is 0 Å². The fourth-order valence-electron chi connectivity index (χ4n) is 4.42. The number of fused-ring (bicyclic) bond motifs is 1. The number of imide groups is 1. The number of hydrazine groups is 1. The van der Waals surface area contributed by atoms with E-state index in [0.29, 0.717) is 15.0 Å². The minimum atomic E-state index is -1.16. The number of Topliss-reactive ketones (excluding diaryl/α,β-unsaturated/α-hetero) is 1. The molecule has 0 aromatic heterocycles. The van der Waals surface area contributed by atoms with Crippen LogP contribution in [0.2, 0.25) is 5.02 Å². The van der Waals surface area contributed by atoms with Gasteiger partial charge >= 0.3 is 5.97 Å². The quantitative estimate of drug-likeness (QED) is 0.0615. The number of rotatable bonds is 9. The molecule has 1 heterocycles. The Morgan fingerprint density at radius 2 is 1.36 bits per heavy atom. The van der Waals surface area contributed by atoms with Crippen LogP contribution in [-0.2, 0) is 0 Å². The Morgan fingerprint density at radius 1 is 0.756 bits per heavy atom. The van der Waals surface area contributed by atoms with Crippen LogP contribution in [0, 0.1) is 20.2 Å². The summed E-state index contributed by atoms with van der Waals surface area (Å²) in [5.41, 5.74) is -1.68.